The molecule has 0 bridgehead atoms. The minimum Gasteiger partial charge on any atom is -0.493 e. The number of quaternary nitrogens is 1. The molecule has 1 rings (SSSR count). The molecule has 0 saturated heterocycles. The Hall–Kier alpha value is -1.02. The fraction of sp³-hybridized carbons (Fsp3) is 0.647. The Morgan fingerprint density at radius 3 is 2.42 bits per heavy atom. The third kappa shape index (κ3) is 6.11. The number of hydrogen-bond acceptors (Lipinski definition) is 1. The predicted molar refractivity (Wildman–Crippen MR) is 82.2 cm³/mol. The van der Waals surface area contributed by atoms with Crippen molar-refractivity contribution in [2.24, 2.45) is 0 Å². The summed E-state index contributed by atoms with van der Waals surface area (Å²) < 4.78 is 5.87. The molecule has 0 unspecified atom stereocenters. The topological polar surface area (TPSA) is 13.7 Å². The lowest BCUT2D eigenvalue weighted by molar-refractivity contribution is -0.896. The van der Waals surface area contributed by atoms with E-state index in [4.69, 9.17) is 4.74 Å². The number of aryl methyl sites for hydroxylation is 2. The maximum absolute atomic E-state index is 5.87. The molecule has 2 heteroatoms. The molecule has 0 aromatic heterocycles. The Balaban J connectivity index is 2.15. The van der Waals surface area contributed by atoms with Gasteiger partial charge in [0.15, 0.2) is 0 Å². The van der Waals surface area contributed by atoms with Crippen LogP contribution in [0.2, 0.25) is 0 Å². The van der Waals surface area contributed by atoms with E-state index in [0.717, 1.165) is 18.8 Å². The zero-order chi connectivity index (χ0) is 14.1. The Morgan fingerprint density at radius 2 is 1.74 bits per heavy atom. The van der Waals surface area contributed by atoms with E-state index in [2.05, 4.69) is 45.9 Å². The Bertz CT molecular complexity index is 358. The van der Waals surface area contributed by atoms with Crippen molar-refractivity contribution >= 4 is 0 Å². The number of unbranched alkanes of at least 4 members (excludes halogenated alkanes) is 2. The van der Waals surface area contributed by atoms with Crippen LogP contribution in [0.15, 0.2) is 18.2 Å². The highest BCUT2D eigenvalue weighted by Gasteiger charge is 2.02. The van der Waals surface area contributed by atoms with Gasteiger partial charge >= 0.3 is 0 Å². The second-order valence-electron chi connectivity index (χ2n) is 5.39. The maximum atomic E-state index is 5.87. The van der Waals surface area contributed by atoms with Crippen molar-refractivity contribution < 1.29 is 9.64 Å². The smallest absolute Gasteiger partial charge is 0.122 e. The van der Waals surface area contributed by atoms with Crippen molar-refractivity contribution in [2.75, 3.05) is 26.2 Å². The molecule has 0 aliphatic carbocycles. The van der Waals surface area contributed by atoms with Gasteiger partial charge < -0.3 is 9.64 Å². The monoisotopic (exact) mass is 264 g/mol. The number of nitrogens with one attached hydrogen (secondary N) is 1. The SMILES string of the molecule is CC[NH+](CC)CCCCCOc1cc(C)ccc1C. The Kier molecular flexibility index (Phi) is 7.57. The molecule has 0 spiro atoms. The molecule has 0 saturated carbocycles. The zero-order valence-electron chi connectivity index (χ0n) is 13.1. The van der Waals surface area contributed by atoms with E-state index in [1.165, 1.54) is 43.6 Å². The summed E-state index contributed by atoms with van der Waals surface area (Å²) >= 11 is 0. The minimum absolute atomic E-state index is 0.845. The first-order chi connectivity index (χ1) is 9.17. The standard InChI is InChI=1S/C17H29NO/c1-5-18(6-2)12-8-7-9-13-19-17-14-15(3)10-11-16(17)4/h10-11,14H,5-9,12-13H2,1-4H3/p+1. The van der Waals surface area contributed by atoms with E-state index in [1.54, 1.807) is 4.90 Å². The van der Waals surface area contributed by atoms with Gasteiger partial charge in [0.1, 0.15) is 5.75 Å². The van der Waals surface area contributed by atoms with Gasteiger partial charge in [0.05, 0.1) is 26.2 Å². The van der Waals surface area contributed by atoms with Gasteiger partial charge in [-0.05, 0) is 64.2 Å². The van der Waals surface area contributed by atoms with Crippen molar-refractivity contribution in [3.63, 3.8) is 0 Å². The van der Waals surface area contributed by atoms with Crippen LogP contribution in [-0.2, 0) is 0 Å². The molecule has 2 nitrogen and oxygen atoms in total. The quantitative estimate of drug-likeness (QED) is 0.677. The van der Waals surface area contributed by atoms with Crippen LogP contribution in [0.4, 0.5) is 0 Å². The molecule has 1 aromatic rings. The summed E-state index contributed by atoms with van der Waals surface area (Å²) in [7, 11) is 0. The van der Waals surface area contributed by atoms with Gasteiger partial charge in [-0.1, -0.05) is 12.1 Å². The van der Waals surface area contributed by atoms with Crippen LogP contribution in [0.25, 0.3) is 0 Å². The summed E-state index contributed by atoms with van der Waals surface area (Å²) in [6, 6.07) is 6.40. The number of ether oxygens (including phenoxy) is 1. The molecule has 1 aromatic carbocycles. The largest absolute Gasteiger partial charge is 0.493 e. The molecule has 19 heavy (non-hydrogen) atoms. The van der Waals surface area contributed by atoms with E-state index in [9.17, 15) is 0 Å². The van der Waals surface area contributed by atoms with E-state index in [-0.39, 0.29) is 0 Å². The van der Waals surface area contributed by atoms with Gasteiger partial charge in [-0.15, -0.1) is 0 Å². The maximum Gasteiger partial charge on any atom is 0.122 e. The number of benzene rings is 1. The van der Waals surface area contributed by atoms with Crippen LogP contribution in [0.3, 0.4) is 0 Å². The van der Waals surface area contributed by atoms with Crippen molar-refractivity contribution in [3.8, 4) is 5.75 Å². The first-order valence-electron chi connectivity index (χ1n) is 7.71. The average molecular weight is 264 g/mol. The summed E-state index contributed by atoms with van der Waals surface area (Å²) in [5.41, 5.74) is 2.50. The highest BCUT2D eigenvalue weighted by atomic mass is 16.5. The molecule has 0 aliphatic heterocycles. The molecule has 0 radical (unpaired) electrons. The normalized spacial score (nSPS) is 11.0. The number of rotatable bonds is 9. The van der Waals surface area contributed by atoms with Gasteiger partial charge in [0.2, 0.25) is 0 Å². The van der Waals surface area contributed by atoms with Crippen LogP contribution in [-0.4, -0.2) is 26.2 Å². The second kappa shape index (κ2) is 8.98. The first kappa shape index (κ1) is 16.0. The van der Waals surface area contributed by atoms with E-state index in [1.807, 2.05) is 0 Å². The first-order valence-corrected chi connectivity index (χ1v) is 7.71. The van der Waals surface area contributed by atoms with Crippen LogP contribution in [0.5, 0.6) is 5.75 Å². The van der Waals surface area contributed by atoms with Crippen LogP contribution < -0.4 is 9.64 Å². The molecular formula is C17H30NO+. The predicted octanol–water partition coefficient (Wildman–Crippen LogP) is 2.78. The molecule has 0 aliphatic rings. The lowest BCUT2D eigenvalue weighted by Gasteiger charge is -2.15. The van der Waals surface area contributed by atoms with Crippen LogP contribution >= 0.6 is 0 Å². The van der Waals surface area contributed by atoms with Crippen molar-refractivity contribution in [1.29, 1.82) is 0 Å². The van der Waals surface area contributed by atoms with E-state index < -0.39 is 0 Å². The summed E-state index contributed by atoms with van der Waals surface area (Å²) in [5, 5.41) is 0. The molecule has 108 valence electrons. The molecular weight excluding hydrogens is 234 g/mol. The van der Waals surface area contributed by atoms with Gasteiger partial charge in [-0.2, -0.15) is 0 Å². The average Bonchev–Trinajstić information content (AvgIpc) is 2.42. The van der Waals surface area contributed by atoms with E-state index >= 15 is 0 Å². The van der Waals surface area contributed by atoms with Crippen LogP contribution in [0.1, 0.15) is 44.2 Å². The van der Waals surface area contributed by atoms with Crippen molar-refractivity contribution in [2.45, 2.75) is 47.0 Å². The highest BCUT2D eigenvalue weighted by molar-refractivity contribution is 5.35. The third-order valence-electron chi connectivity index (χ3n) is 3.78. The fourth-order valence-corrected chi connectivity index (χ4v) is 2.30. The second-order valence-corrected chi connectivity index (χ2v) is 5.39. The molecule has 0 heterocycles. The lowest BCUT2D eigenvalue weighted by atomic mass is 10.1. The highest BCUT2D eigenvalue weighted by Crippen LogP contribution is 2.19. The van der Waals surface area contributed by atoms with Crippen LogP contribution in [0, 0.1) is 13.8 Å². The van der Waals surface area contributed by atoms with Gasteiger partial charge in [0, 0.05) is 0 Å². The van der Waals surface area contributed by atoms with Crippen molar-refractivity contribution in [3.05, 3.63) is 29.3 Å². The summed E-state index contributed by atoms with van der Waals surface area (Å²) in [5.74, 6) is 1.05. The fourth-order valence-electron chi connectivity index (χ4n) is 2.30. The summed E-state index contributed by atoms with van der Waals surface area (Å²) in [6.45, 7) is 13.4. The minimum atomic E-state index is 0.845. The molecule has 1 N–H and O–H groups in total. The van der Waals surface area contributed by atoms with Gasteiger partial charge in [0.25, 0.3) is 0 Å². The number of hydrogen-bond donors (Lipinski definition) is 1. The van der Waals surface area contributed by atoms with Crippen molar-refractivity contribution in [1.82, 2.24) is 0 Å². The summed E-state index contributed by atoms with van der Waals surface area (Å²) in [6.07, 6.45) is 3.75. The lowest BCUT2D eigenvalue weighted by Crippen LogP contribution is -3.11. The molecule has 0 atom stereocenters. The molecule has 0 fully saturated rings. The van der Waals surface area contributed by atoms with Gasteiger partial charge in [-0.25, -0.2) is 0 Å². The third-order valence-corrected chi connectivity index (χ3v) is 3.78. The Labute approximate surface area is 118 Å². The van der Waals surface area contributed by atoms with Gasteiger partial charge in [-0.3, -0.25) is 0 Å². The Morgan fingerprint density at radius 1 is 1.00 bits per heavy atom. The van der Waals surface area contributed by atoms with E-state index in [0.29, 0.717) is 0 Å². The zero-order valence-corrected chi connectivity index (χ0v) is 13.1. The molecule has 0 amide bonds. The summed E-state index contributed by atoms with van der Waals surface area (Å²) in [4.78, 5) is 1.70.